The first-order chi connectivity index (χ1) is 11.1. The maximum absolute atomic E-state index is 13.1. The van der Waals surface area contributed by atoms with Gasteiger partial charge in [0, 0.05) is 25.3 Å². The average Bonchev–Trinajstić information content (AvgIpc) is 3.38. The van der Waals surface area contributed by atoms with Gasteiger partial charge in [0.1, 0.15) is 5.41 Å². The summed E-state index contributed by atoms with van der Waals surface area (Å²) in [6.07, 6.45) is 3.48. The van der Waals surface area contributed by atoms with Gasteiger partial charge in [-0.3, -0.25) is 9.59 Å². The van der Waals surface area contributed by atoms with E-state index in [-0.39, 0.29) is 11.8 Å². The minimum atomic E-state index is -0.785. The maximum Gasteiger partial charge on any atom is 0.242 e. The van der Waals surface area contributed by atoms with Crippen LogP contribution in [0.4, 0.5) is 5.69 Å². The van der Waals surface area contributed by atoms with Crippen molar-refractivity contribution in [1.29, 1.82) is 0 Å². The molecule has 0 spiro atoms. The third-order valence-corrected chi connectivity index (χ3v) is 5.27. The predicted molar refractivity (Wildman–Crippen MR) is 91.1 cm³/mol. The van der Waals surface area contributed by atoms with Crippen LogP contribution in [0.3, 0.4) is 0 Å². The molecule has 1 saturated carbocycles. The molecule has 4 heteroatoms. The van der Waals surface area contributed by atoms with E-state index in [4.69, 9.17) is 0 Å². The summed E-state index contributed by atoms with van der Waals surface area (Å²) in [6.45, 7) is 6.38. The normalized spacial score (nSPS) is 20.2. The Labute approximate surface area is 138 Å². The molecule has 1 saturated heterocycles. The molecule has 1 aliphatic carbocycles. The average molecular weight is 314 g/mol. The van der Waals surface area contributed by atoms with E-state index < -0.39 is 5.41 Å². The van der Waals surface area contributed by atoms with Gasteiger partial charge in [-0.2, -0.15) is 0 Å². The molecule has 2 aliphatic rings. The number of likely N-dealkylation sites (tertiary alicyclic amines) is 1. The summed E-state index contributed by atoms with van der Waals surface area (Å²) in [5.41, 5.74) is 0.0956. The third-order valence-electron chi connectivity index (χ3n) is 5.27. The molecule has 3 rings (SSSR count). The molecule has 1 aromatic rings. The molecule has 0 atom stereocenters. The molecule has 0 bridgehead atoms. The summed E-state index contributed by atoms with van der Waals surface area (Å²) in [7, 11) is 0. The third kappa shape index (κ3) is 2.99. The van der Waals surface area contributed by atoms with Crippen molar-refractivity contribution in [2.45, 2.75) is 39.5 Å². The van der Waals surface area contributed by atoms with Gasteiger partial charge in [0.25, 0.3) is 0 Å². The van der Waals surface area contributed by atoms with Crippen LogP contribution in [0, 0.1) is 11.3 Å². The molecule has 4 nitrogen and oxygen atoms in total. The van der Waals surface area contributed by atoms with Crippen LogP contribution in [0.2, 0.25) is 0 Å². The zero-order valence-corrected chi connectivity index (χ0v) is 14.1. The Bertz CT molecular complexity index is 572. The molecule has 1 heterocycles. The van der Waals surface area contributed by atoms with Crippen LogP contribution in [0.1, 0.15) is 39.5 Å². The number of anilines is 1. The fraction of sp³-hybridized carbons (Fsp3) is 0.579. The number of para-hydroxylation sites is 1. The number of hydrogen-bond donors (Lipinski definition) is 0. The fourth-order valence-electron chi connectivity index (χ4n) is 3.47. The van der Waals surface area contributed by atoms with Crippen molar-refractivity contribution in [2.24, 2.45) is 11.3 Å². The Morgan fingerprint density at radius 3 is 2.30 bits per heavy atom. The summed E-state index contributed by atoms with van der Waals surface area (Å²) in [5.74, 6) is 0.722. The lowest BCUT2D eigenvalue weighted by Crippen LogP contribution is -2.49. The Hall–Kier alpha value is -1.84. The molecule has 1 aromatic carbocycles. The molecule has 0 aromatic heterocycles. The molecule has 1 aliphatic heterocycles. The number of hydrogen-bond acceptors (Lipinski definition) is 2. The second kappa shape index (κ2) is 6.34. The second-order valence-corrected chi connectivity index (χ2v) is 6.94. The van der Waals surface area contributed by atoms with E-state index in [9.17, 15) is 9.59 Å². The van der Waals surface area contributed by atoms with Crippen molar-refractivity contribution in [3.63, 3.8) is 0 Å². The van der Waals surface area contributed by atoms with Gasteiger partial charge in [-0.25, -0.2) is 0 Å². The Kier molecular flexibility index (Phi) is 4.42. The number of carbonyl (C=O) groups is 2. The largest absolute Gasteiger partial charge is 0.342 e. The lowest BCUT2D eigenvalue weighted by Gasteiger charge is -2.34. The minimum absolute atomic E-state index is 0.0187. The van der Waals surface area contributed by atoms with Gasteiger partial charge in [-0.05, 0) is 50.7 Å². The predicted octanol–water partition coefficient (Wildman–Crippen LogP) is 3.08. The quantitative estimate of drug-likeness (QED) is 0.801. The van der Waals surface area contributed by atoms with Crippen LogP contribution in [0.5, 0.6) is 0 Å². The zero-order valence-electron chi connectivity index (χ0n) is 14.1. The van der Waals surface area contributed by atoms with E-state index in [0.29, 0.717) is 25.3 Å². The Balaban J connectivity index is 1.76. The van der Waals surface area contributed by atoms with Crippen molar-refractivity contribution in [1.82, 2.24) is 4.90 Å². The first-order valence-corrected chi connectivity index (χ1v) is 8.75. The zero-order chi connectivity index (χ0) is 16.4. The van der Waals surface area contributed by atoms with Gasteiger partial charge in [0.05, 0.1) is 0 Å². The van der Waals surface area contributed by atoms with E-state index in [1.807, 2.05) is 42.2 Å². The number of carbonyl (C=O) groups excluding carboxylic acids is 2. The highest BCUT2D eigenvalue weighted by atomic mass is 16.2. The molecule has 2 amide bonds. The smallest absolute Gasteiger partial charge is 0.242 e. The van der Waals surface area contributed by atoms with Gasteiger partial charge in [0.15, 0.2) is 0 Å². The molecular weight excluding hydrogens is 288 g/mol. The number of benzene rings is 1. The number of amides is 2. The second-order valence-electron chi connectivity index (χ2n) is 6.94. The molecular formula is C19H26N2O2. The first-order valence-electron chi connectivity index (χ1n) is 8.75. The van der Waals surface area contributed by atoms with E-state index in [1.54, 1.807) is 4.90 Å². The monoisotopic (exact) mass is 314 g/mol. The Morgan fingerprint density at radius 2 is 1.78 bits per heavy atom. The van der Waals surface area contributed by atoms with Crippen molar-refractivity contribution < 1.29 is 9.59 Å². The van der Waals surface area contributed by atoms with Crippen LogP contribution >= 0.6 is 0 Å². The summed E-state index contributed by atoms with van der Waals surface area (Å²) >= 11 is 0. The molecule has 0 radical (unpaired) electrons. The minimum Gasteiger partial charge on any atom is -0.342 e. The lowest BCUT2D eigenvalue weighted by molar-refractivity contribution is -0.144. The van der Waals surface area contributed by atoms with Crippen LogP contribution < -0.4 is 4.90 Å². The standard InChI is InChI=1S/C19H26N2O2/c1-3-21(16-7-5-4-6-8-16)18(23)19(11-12-19)17(22)20-13-9-15(2)10-14-20/h4-8,15H,3,9-14H2,1-2H3. The molecule has 0 N–H and O–H groups in total. The molecule has 2 fully saturated rings. The number of nitrogens with zero attached hydrogens (tertiary/aromatic N) is 2. The van der Waals surface area contributed by atoms with E-state index in [2.05, 4.69) is 6.92 Å². The molecule has 0 unspecified atom stereocenters. The summed E-state index contributed by atoms with van der Waals surface area (Å²) < 4.78 is 0. The number of rotatable bonds is 4. The summed E-state index contributed by atoms with van der Waals surface area (Å²) in [6, 6.07) is 9.67. The van der Waals surface area contributed by atoms with Crippen molar-refractivity contribution in [2.75, 3.05) is 24.5 Å². The molecule has 124 valence electrons. The summed E-state index contributed by atoms with van der Waals surface area (Å²) in [5, 5.41) is 0. The van der Waals surface area contributed by atoms with Gasteiger partial charge in [-0.15, -0.1) is 0 Å². The fourth-order valence-corrected chi connectivity index (χ4v) is 3.47. The molecule has 23 heavy (non-hydrogen) atoms. The summed E-state index contributed by atoms with van der Waals surface area (Å²) in [4.78, 5) is 29.7. The highest BCUT2D eigenvalue weighted by Gasteiger charge is 2.59. The van der Waals surface area contributed by atoms with Crippen molar-refractivity contribution in [3.8, 4) is 0 Å². The van der Waals surface area contributed by atoms with Crippen LogP contribution in [0.15, 0.2) is 30.3 Å². The SMILES string of the molecule is CCN(C(=O)C1(C(=O)N2CCC(C)CC2)CC1)c1ccccc1. The topological polar surface area (TPSA) is 40.6 Å². The lowest BCUT2D eigenvalue weighted by atomic mass is 9.96. The van der Waals surface area contributed by atoms with Gasteiger partial charge < -0.3 is 9.80 Å². The van der Waals surface area contributed by atoms with Crippen LogP contribution in [0.25, 0.3) is 0 Å². The van der Waals surface area contributed by atoms with Gasteiger partial charge in [0.2, 0.25) is 11.8 Å². The van der Waals surface area contributed by atoms with Crippen molar-refractivity contribution >= 4 is 17.5 Å². The number of piperidine rings is 1. The highest BCUT2D eigenvalue weighted by molar-refractivity contribution is 6.14. The van der Waals surface area contributed by atoms with E-state index >= 15 is 0 Å². The van der Waals surface area contributed by atoms with E-state index in [1.165, 1.54) is 0 Å². The van der Waals surface area contributed by atoms with Gasteiger partial charge >= 0.3 is 0 Å². The maximum atomic E-state index is 13.1. The highest BCUT2D eigenvalue weighted by Crippen LogP contribution is 2.49. The van der Waals surface area contributed by atoms with Crippen LogP contribution in [-0.4, -0.2) is 36.3 Å². The Morgan fingerprint density at radius 1 is 1.17 bits per heavy atom. The van der Waals surface area contributed by atoms with Crippen molar-refractivity contribution in [3.05, 3.63) is 30.3 Å². The van der Waals surface area contributed by atoms with Crippen LogP contribution in [-0.2, 0) is 9.59 Å². The first kappa shape index (κ1) is 16.0. The van der Waals surface area contributed by atoms with E-state index in [0.717, 1.165) is 31.6 Å². The van der Waals surface area contributed by atoms with Gasteiger partial charge in [-0.1, -0.05) is 25.1 Å².